The van der Waals surface area contributed by atoms with Gasteiger partial charge in [0.15, 0.2) is 11.6 Å². The van der Waals surface area contributed by atoms with Crippen LogP contribution in [-0.4, -0.2) is 33.6 Å². The molecule has 5 nitrogen and oxygen atoms in total. The number of Topliss-reactive ketones (excluding diaryl/α,β-unsaturated/α-hetero) is 1. The van der Waals surface area contributed by atoms with Crippen molar-refractivity contribution in [3.63, 3.8) is 0 Å². The molecule has 36 heavy (non-hydrogen) atoms. The molecule has 0 aliphatic rings. The summed E-state index contributed by atoms with van der Waals surface area (Å²) in [6.07, 6.45) is 0. The van der Waals surface area contributed by atoms with Crippen molar-refractivity contribution in [1.82, 2.24) is 0 Å². The van der Waals surface area contributed by atoms with E-state index in [0.717, 1.165) is 10.8 Å². The Morgan fingerprint density at radius 1 is 0.889 bits per heavy atom. The van der Waals surface area contributed by atoms with Crippen molar-refractivity contribution in [3.05, 3.63) is 89.0 Å². The lowest BCUT2D eigenvalue weighted by Crippen LogP contribution is -2.45. The summed E-state index contributed by atoms with van der Waals surface area (Å²) in [5, 5.41) is 0.973. The van der Waals surface area contributed by atoms with Gasteiger partial charge >= 0.3 is 0 Å². The first-order valence-electron chi connectivity index (χ1n) is 12.1. The summed E-state index contributed by atoms with van der Waals surface area (Å²) in [5.74, 6) is 0.845. The lowest BCUT2D eigenvalue weighted by Gasteiger charge is -2.25. The second-order valence-electron chi connectivity index (χ2n) is 10.5. The zero-order chi connectivity index (χ0) is 26.5. The predicted molar refractivity (Wildman–Crippen MR) is 146 cm³/mol. The first-order chi connectivity index (χ1) is 16.9. The van der Waals surface area contributed by atoms with Gasteiger partial charge in [-0.2, -0.15) is 0 Å². The fraction of sp³-hybridized carbons (Fsp3) is 0.333. The Morgan fingerprint density at radius 3 is 2.11 bits per heavy atom. The number of hydrogen-bond acceptors (Lipinski definition) is 5. The molecule has 0 aliphatic carbocycles. The number of carbonyl (C=O) groups is 2. The fourth-order valence-electron chi connectivity index (χ4n) is 3.50. The number of carbonyl (C=O) groups excluding carboxylic acids is 2. The molecule has 0 saturated heterocycles. The van der Waals surface area contributed by atoms with Gasteiger partial charge in [0.05, 0.1) is 19.3 Å². The van der Waals surface area contributed by atoms with Crippen LogP contribution >= 0.6 is 0 Å². The molecule has 0 amide bonds. The lowest BCUT2D eigenvalue weighted by atomic mass is 9.91. The van der Waals surface area contributed by atoms with E-state index in [-0.39, 0.29) is 18.2 Å². The number of rotatable bonds is 10. The maximum atomic E-state index is 13.6. The first kappa shape index (κ1) is 27.4. The number of ether oxygens (including phenoxy) is 2. The van der Waals surface area contributed by atoms with E-state index in [1.165, 1.54) is 5.56 Å². The Morgan fingerprint density at radius 2 is 1.53 bits per heavy atom. The average Bonchev–Trinajstić information content (AvgIpc) is 2.86. The Balaban J connectivity index is 1.92. The Kier molecular flexibility index (Phi) is 8.53. The van der Waals surface area contributed by atoms with Crippen molar-refractivity contribution >= 4 is 25.1 Å². The van der Waals surface area contributed by atoms with Gasteiger partial charge in [-0.15, -0.1) is 0 Å². The van der Waals surface area contributed by atoms with Crippen LogP contribution in [-0.2, 0) is 15.8 Å². The standard InChI is InChI=1S/C30H36O5Si/c1-21-8-10-22(11-9-21)19-35-36(6,7)25-16-17-27(34-20-28(31)30(2,3)4)26(18-25)29(32)23-12-14-24(33-5)15-13-23/h8-18H,19-20H2,1-7H3. The van der Waals surface area contributed by atoms with Gasteiger partial charge in [0, 0.05) is 11.0 Å². The average molecular weight is 505 g/mol. The summed E-state index contributed by atoms with van der Waals surface area (Å²) >= 11 is 0. The predicted octanol–water partition coefficient (Wildman–Crippen LogP) is 5.86. The third kappa shape index (κ3) is 6.92. The molecule has 3 aromatic rings. The zero-order valence-electron chi connectivity index (χ0n) is 22.3. The first-order valence-corrected chi connectivity index (χ1v) is 15.0. The van der Waals surface area contributed by atoms with Gasteiger partial charge in [-0.1, -0.05) is 56.7 Å². The van der Waals surface area contributed by atoms with Gasteiger partial charge in [0.1, 0.15) is 18.1 Å². The molecule has 0 heterocycles. The van der Waals surface area contributed by atoms with Crippen LogP contribution in [0.4, 0.5) is 0 Å². The SMILES string of the molecule is COc1ccc(C(=O)c2cc([Si](C)(C)OCc3ccc(C)cc3)ccc2OCC(=O)C(C)(C)C)cc1. The molecular formula is C30H36O5Si. The Bertz CT molecular complexity index is 1210. The highest BCUT2D eigenvalue weighted by Gasteiger charge is 2.29. The van der Waals surface area contributed by atoms with E-state index in [2.05, 4.69) is 44.3 Å². The van der Waals surface area contributed by atoms with Gasteiger partial charge in [-0.3, -0.25) is 9.59 Å². The van der Waals surface area contributed by atoms with Crippen molar-refractivity contribution in [1.29, 1.82) is 0 Å². The van der Waals surface area contributed by atoms with Crippen molar-refractivity contribution in [2.24, 2.45) is 5.41 Å². The van der Waals surface area contributed by atoms with Crippen molar-refractivity contribution in [2.45, 2.75) is 47.4 Å². The van der Waals surface area contributed by atoms with Crippen molar-refractivity contribution < 1.29 is 23.5 Å². The van der Waals surface area contributed by atoms with E-state index in [0.29, 0.717) is 29.2 Å². The van der Waals surface area contributed by atoms with E-state index < -0.39 is 13.7 Å². The molecule has 0 aliphatic heterocycles. The molecule has 0 unspecified atom stereocenters. The molecule has 0 spiro atoms. The van der Waals surface area contributed by atoms with Crippen LogP contribution in [0.3, 0.4) is 0 Å². The highest BCUT2D eigenvalue weighted by molar-refractivity contribution is 6.84. The van der Waals surface area contributed by atoms with Crippen LogP contribution in [0.2, 0.25) is 13.1 Å². The van der Waals surface area contributed by atoms with Crippen LogP contribution in [0.25, 0.3) is 0 Å². The minimum atomic E-state index is -2.36. The van der Waals surface area contributed by atoms with Gasteiger partial charge in [0.2, 0.25) is 8.32 Å². The van der Waals surface area contributed by atoms with Gasteiger partial charge in [0.25, 0.3) is 0 Å². The molecule has 6 heteroatoms. The van der Waals surface area contributed by atoms with E-state index >= 15 is 0 Å². The van der Waals surface area contributed by atoms with Crippen LogP contribution < -0.4 is 14.7 Å². The van der Waals surface area contributed by atoms with Crippen LogP contribution in [0.1, 0.15) is 47.8 Å². The van der Waals surface area contributed by atoms with Gasteiger partial charge < -0.3 is 13.9 Å². The summed E-state index contributed by atoms with van der Waals surface area (Å²) in [6.45, 7) is 12.2. The summed E-state index contributed by atoms with van der Waals surface area (Å²) < 4.78 is 17.5. The second kappa shape index (κ2) is 11.2. The van der Waals surface area contributed by atoms with E-state index in [9.17, 15) is 9.59 Å². The van der Waals surface area contributed by atoms with E-state index in [1.54, 1.807) is 37.4 Å². The van der Waals surface area contributed by atoms with E-state index in [1.807, 2.05) is 32.9 Å². The molecule has 0 saturated carbocycles. The molecule has 0 bridgehead atoms. The van der Waals surface area contributed by atoms with Crippen molar-refractivity contribution in [2.75, 3.05) is 13.7 Å². The monoisotopic (exact) mass is 504 g/mol. The molecular weight excluding hydrogens is 468 g/mol. The number of hydrogen-bond donors (Lipinski definition) is 0. The Labute approximate surface area is 215 Å². The molecule has 0 atom stereocenters. The molecule has 0 aromatic heterocycles. The van der Waals surface area contributed by atoms with Crippen LogP contribution in [0.5, 0.6) is 11.5 Å². The molecule has 3 rings (SSSR count). The lowest BCUT2D eigenvalue weighted by molar-refractivity contribution is -0.128. The smallest absolute Gasteiger partial charge is 0.218 e. The zero-order valence-corrected chi connectivity index (χ0v) is 23.3. The summed E-state index contributed by atoms with van der Waals surface area (Å²) in [7, 11) is -0.776. The third-order valence-electron chi connectivity index (χ3n) is 6.19. The maximum absolute atomic E-state index is 13.6. The topological polar surface area (TPSA) is 61.8 Å². The Hall–Kier alpha value is -3.22. The number of aryl methyl sites for hydroxylation is 1. The number of methoxy groups -OCH3 is 1. The van der Waals surface area contributed by atoms with Crippen LogP contribution in [0.15, 0.2) is 66.7 Å². The summed E-state index contributed by atoms with van der Waals surface area (Å²) in [6, 6.07) is 20.9. The quantitative estimate of drug-likeness (QED) is 0.256. The minimum Gasteiger partial charge on any atom is -0.497 e. The highest BCUT2D eigenvalue weighted by Crippen LogP contribution is 2.25. The molecule has 3 aromatic carbocycles. The fourth-order valence-corrected chi connectivity index (χ4v) is 5.17. The molecule has 0 N–H and O–H groups in total. The summed E-state index contributed by atoms with van der Waals surface area (Å²) in [4.78, 5) is 26.1. The molecule has 0 fully saturated rings. The minimum absolute atomic E-state index is 0.0365. The third-order valence-corrected chi connectivity index (χ3v) is 8.75. The van der Waals surface area contributed by atoms with E-state index in [4.69, 9.17) is 13.9 Å². The van der Waals surface area contributed by atoms with Crippen molar-refractivity contribution in [3.8, 4) is 11.5 Å². The van der Waals surface area contributed by atoms with Crippen LogP contribution in [0, 0.1) is 12.3 Å². The molecule has 0 radical (unpaired) electrons. The maximum Gasteiger partial charge on any atom is 0.218 e. The van der Waals surface area contributed by atoms with Gasteiger partial charge in [-0.05, 0) is 67.2 Å². The normalized spacial score (nSPS) is 11.8. The number of benzene rings is 3. The van der Waals surface area contributed by atoms with Gasteiger partial charge in [-0.25, -0.2) is 0 Å². The largest absolute Gasteiger partial charge is 0.497 e. The molecule has 190 valence electrons. The highest BCUT2D eigenvalue weighted by atomic mass is 28.4. The summed E-state index contributed by atoms with van der Waals surface area (Å²) in [5.41, 5.74) is 2.71. The number of ketones is 2. The second-order valence-corrected chi connectivity index (χ2v) is 14.4.